The molecule has 9 rings (SSSR count). The lowest BCUT2D eigenvalue weighted by Crippen LogP contribution is -2.39. The van der Waals surface area contributed by atoms with Crippen LogP contribution in [0.2, 0.25) is 0 Å². The highest BCUT2D eigenvalue weighted by molar-refractivity contribution is 6.03. The largest absolute Gasteiger partial charge is 0.464 e. The summed E-state index contributed by atoms with van der Waals surface area (Å²) in [7, 11) is 1.83. The summed E-state index contributed by atoms with van der Waals surface area (Å²) in [4.78, 5) is 66.1. The highest BCUT2D eigenvalue weighted by Crippen LogP contribution is 2.40. The number of amides is 3. The van der Waals surface area contributed by atoms with Crippen LogP contribution in [0.15, 0.2) is 82.5 Å². The van der Waals surface area contributed by atoms with Crippen LogP contribution in [0.5, 0.6) is 0 Å². The highest BCUT2D eigenvalue weighted by atomic mass is 16.5. The molecule has 4 aromatic heterocycles. The minimum absolute atomic E-state index is 0.0419. The Kier molecular flexibility index (Phi) is 9.55. The summed E-state index contributed by atoms with van der Waals surface area (Å²) in [5, 5.41) is 6.97. The van der Waals surface area contributed by atoms with Crippen LogP contribution in [-0.2, 0) is 27.8 Å². The number of carbonyl (C=O) groups excluding carboxylic acids is 3. The van der Waals surface area contributed by atoms with Crippen LogP contribution in [0.4, 0.5) is 11.4 Å². The van der Waals surface area contributed by atoms with Crippen molar-refractivity contribution in [3.05, 3.63) is 112 Å². The number of aryl methyl sites for hydroxylation is 2. The third kappa shape index (κ3) is 7.04. The Hall–Kier alpha value is -6.65. The van der Waals surface area contributed by atoms with E-state index in [0.717, 1.165) is 84.4 Å². The first-order chi connectivity index (χ1) is 27.8. The van der Waals surface area contributed by atoms with E-state index in [4.69, 9.17) is 19.1 Å². The third-order valence-corrected chi connectivity index (χ3v) is 11.2. The number of imide groups is 1. The second-order valence-electron chi connectivity index (χ2n) is 14.7. The number of carbonyl (C=O) groups is 3. The molecule has 0 radical (unpaired) electrons. The van der Waals surface area contributed by atoms with Crippen molar-refractivity contribution in [1.82, 2.24) is 30.2 Å². The Morgan fingerprint density at radius 1 is 0.947 bits per heavy atom. The second-order valence-corrected chi connectivity index (χ2v) is 14.7. The molecule has 0 spiro atoms. The van der Waals surface area contributed by atoms with E-state index in [-0.39, 0.29) is 41.9 Å². The van der Waals surface area contributed by atoms with Gasteiger partial charge in [-0.05, 0) is 92.1 Å². The molecular weight excluding hydrogens is 723 g/mol. The van der Waals surface area contributed by atoms with E-state index in [2.05, 4.69) is 44.5 Å². The van der Waals surface area contributed by atoms with Gasteiger partial charge in [0.25, 0.3) is 11.5 Å². The Balaban J connectivity index is 0.892. The third-order valence-electron chi connectivity index (χ3n) is 11.2. The van der Waals surface area contributed by atoms with Gasteiger partial charge in [0.15, 0.2) is 5.82 Å². The molecule has 57 heavy (non-hydrogen) atoms. The van der Waals surface area contributed by atoms with Gasteiger partial charge >= 0.3 is 0 Å². The number of nitrogens with zero attached hydrogens (tertiary/aromatic N) is 5. The monoisotopic (exact) mass is 761 g/mol. The molecule has 1 unspecified atom stereocenters. The van der Waals surface area contributed by atoms with Crippen LogP contribution in [-0.4, -0.2) is 63.5 Å². The van der Waals surface area contributed by atoms with Crippen molar-refractivity contribution < 1.29 is 23.5 Å². The number of furan rings is 1. The summed E-state index contributed by atoms with van der Waals surface area (Å²) >= 11 is 0. The van der Waals surface area contributed by atoms with Gasteiger partial charge in [0, 0.05) is 73.0 Å². The van der Waals surface area contributed by atoms with Gasteiger partial charge in [0.05, 0.1) is 47.5 Å². The first-order valence-electron chi connectivity index (χ1n) is 19.2. The zero-order valence-corrected chi connectivity index (χ0v) is 31.3. The van der Waals surface area contributed by atoms with Crippen LogP contribution in [0.3, 0.4) is 0 Å². The zero-order chi connectivity index (χ0) is 39.0. The van der Waals surface area contributed by atoms with E-state index in [1.54, 1.807) is 41.3 Å². The lowest BCUT2D eigenvalue weighted by Gasteiger charge is -2.33. The summed E-state index contributed by atoms with van der Waals surface area (Å²) in [6.45, 7) is 2.35. The molecule has 7 heterocycles. The van der Waals surface area contributed by atoms with E-state index in [0.29, 0.717) is 34.9 Å². The van der Waals surface area contributed by atoms with Crippen LogP contribution in [0, 0.1) is 11.8 Å². The predicted molar refractivity (Wildman–Crippen MR) is 213 cm³/mol. The number of rotatable bonds is 6. The van der Waals surface area contributed by atoms with Crippen molar-refractivity contribution in [3.63, 3.8) is 0 Å². The Bertz CT molecular complexity index is 2700. The van der Waals surface area contributed by atoms with Gasteiger partial charge in [-0.3, -0.25) is 29.5 Å². The molecule has 0 bridgehead atoms. The molecule has 2 aromatic carbocycles. The summed E-state index contributed by atoms with van der Waals surface area (Å²) in [5.41, 5.74) is 7.97. The summed E-state index contributed by atoms with van der Waals surface area (Å²) in [6.07, 6.45) is 9.32. The maximum Gasteiger partial charge on any atom is 0.270 e. The summed E-state index contributed by atoms with van der Waals surface area (Å²) in [6, 6.07) is 16.9. The molecule has 3 amide bonds. The number of ether oxygens (including phenoxy) is 1. The van der Waals surface area contributed by atoms with E-state index >= 15 is 0 Å². The van der Waals surface area contributed by atoms with Gasteiger partial charge in [0.1, 0.15) is 11.3 Å². The minimum atomic E-state index is -0.467. The van der Waals surface area contributed by atoms with Crippen LogP contribution >= 0.6 is 0 Å². The van der Waals surface area contributed by atoms with Crippen molar-refractivity contribution in [2.75, 3.05) is 31.2 Å². The van der Waals surface area contributed by atoms with Crippen molar-refractivity contribution in [2.24, 2.45) is 7.05 Å². The van der Waals surface area contributed by atoms with Crippen molar-refractivity contribution in [3.8, 4) is 23.2 Å². The summed E-state index contributed by atoms with van der Waals surface area (Å²) < 4.78 is 13.0. The predicted octanol–water partition coefficient (Wildman–Crippen LogP) is 5.42. The number of benzene rings is 2. The second kappa shape index (κ2) is 15.1. The van der Waals surface area contributed by atoms with Crippen LogP contribution < -0.4 is 21.1 Å². The first-order valence-corrected chi connectivity index (χ1v) is 19.2. The minimum Gasteiger partial charge on any atom is -0.464 e. The Morgan fingerprint density at radius 3 is 2.65 bits per heavy atom. The highest BCUT2D eigenvalue weighted by Gasteiger charge is 2.31. The number of nitrogens with one attached hydrogen (secondary N) is 2. The lowest BCUT2D eigenvalue weighted by molar-refractivity contribution is -0.134. The maximum absolute atomic E-state index is 13.0. The number of hydrogen-bond donors (Lipinski definition) is 2. The smallest absolute Gasteiger partial charge is 0.270 e. The lowest BCUT2D eigenvalue weighted by atomic mass is 9.90. The number of aromatic nitrogens is 4. The number of pyridine rings is 2. The molecule has 2 fully saturated rings. The molecule has 2 N–H and O–H groups in total. The van der Waals surface area contributed by atoms with Crippen molar-refractivity contribution >= 4 is 51.0 Å². The molecule has 3 aliphatic heterocycles. The fraction of sp³-hybridized carbons (Fsp3) is 0.295. The van der Waals surface area contributed by atoms with E-state index in [9.17, 15) is 19.2 Å². The average Bonchev–Trinajstić information content (AvgIpc) is 3.66. The Morgan fingerprint density at radius 2 is 1.82 bits per heavy atom. The number of hydrogen-bond acceptors (Lipinski definition) is 10. The normalized spacial score (nSPS) is 17.2. The van der Waals surface area contributed by atoms with Gasteiger partial charge in [-0.15, -0.1) is 0 Å². The van der Waals surface area contributed by atoms with Crippen molar-refractivity contribution in [1.29, 1.82) is 0 Å². The molecule has 286 valence electrons. The maximum atomic E-state index is 13.0. The fourth-order valence-corrected chi connectivity index (χ4v) is 8.11. The average molecular weight is 762 g/mol. The van der Waals surface area contributed by atoms with Crippen molar-refractivity contribution in [2.45, 2.75) is 50.4 Å². The molecule has 0 saturated carbocycles. The molecule has 6 aromatic rings. The van der Waals surface area contributed by atoms with E-state index in [1.165, 1.54) is 5.56 Å². The van der Waals surface area contributed by atoms with Gasteiger partial charge in [0.2, 0.25) is 11.8 Å². The first kappa shape index (κ1) is 36.0. The zero-order valence-electron chi connectivity index (χ0n) is 31.3. The SMILES string of the molecule is Cn1c(=O)ccc2c(N3CCCc4nc(-c5ccc(C(=O)NCC#Cc6ccc7occ(C8CCC(=O)NC8=O)c7c6)nc5)ncc43)cc(C3CCOCC3)cc21. The molecule has 3 aliphatic rings. The standard InChI is InChI=1S/C44H39N7O6/c1-50-36-21-29(27-14-18-56-19-15-27)22-37(31(36)9-13-41(50)53)51-17-3-5-34-38(51)24-47-42(48-34)28-7-10-35(46-23-28)44(55)45-16-2-4-26-6-11-39-32(20-26)33(25-57-39)30-8-12-40(52)49-43(30)54/h6-7,9-11,13,20-25,27,30H,3,5,8,12,14-19H2,1H3,(H,45,55)(H,49,52,54). The molecule has 2 saturated heterocycles. The van der Waals surface area contributed by atoms with Gasteiger partial charge in [-0.25, -0.2) is 9.97 Å². The topological polar surface area (TPSA) is 162 Å². The van der Waals surface area contributed by atoms with Crippen LogP contribution in [0.1, 0.15) is 76.8 Å². The molecule has 1 atom stereocenters. The number of fused-ring (bicyclic) bond motifs is 3. The quantitative estimate of drug-likeness (QED) is 0.166. The molecule has 0 aliphatic carbocycles. The van der Waals surface area contributed by atoms with E-state index < -0.39 is 5.92 Å². The molecule has 13 heteroatoms. The Labute approximate surface area is 327 Å². The van der Waals surface area contributed by atoms with Crippen LogP contribution in [0.25, 0.3) is 33.3 Å². The van der Waals surface area contributed by atoms with Gasteiger partial charge in [-0.2, -0.15) is 0 Å². The number of piperidine rings is 1. The molecular formula is C44H39N7O6. The summed E-state index contributed by atoms with van der Waals surface area (Å²) in [5.74, 6) is 5.50. The van der Waals surface area contributed by atoms with Gasteiger partial charge < -0.3 is 23.9 Å². The van der Waals surface area contributed by atoms with Gasteiger partial charge in [-0.1, -0.05) is 11.8 Å². The molecule has 13 nitrogen and oxygen atoms in total. The number of anilines is 2. The van der Waals surface area contributed by atoms with E-state index in [1.807, 2.05) is 31.4 Å². The fourth-order valence-electron chi connectivity index (χ4n) is 8.11.